The summed E-state index contributed by atoms with van der Waals surface area (Å²) >= 11 is 5.94. The van der Waals surface area contributed by atoms with Crippen molar-refractivity contribution in [2.45, 2.75) is 26.6 Å². The Morgan fingerprint density at radius 2 is 2.05 bits per heavy atom. The summed E-state index contributed by atoms with van der Waals surface area (Å²) in [6.07, 6.45) is -0.652. The van der Waals surface area contributed by atoms with Gasteiger partial charge in [0.05, 0.1) is 17.7 Å². The lowest BCUT2D eigenvalue weighted by Crippen LogP contribution is -2.02. The van der Waals surface area contributed by atoms with Crippen molar-refractivity contribution in [1.82, 2.24) is 0 Å². The third-order valence-electron chi connectivity index (χ3n) is 3.28. The van der Waals surface area contributed by atoms with Crippen LogP contribution in [0.5, 0.6) is 5.75 Å². The van der Waals surface area contributed by atoms with Crippen LogP contribution in [-0.2, 0) is 6.61 Å². The van der Waals surface area contributed by atoms with Gasteiger partial charge in [0, 0.05) is 10.6 Å². The molecular formula is C17H16ClNO2. The van der Waals surface area contributed by atoms with E-state index in [4.69, 9.17) is 21.6 Å². The van der Waals surface area contributed by atoms with E-state index in [0.717, 1.165) is 11.1 Å². The molecule has 3 nitrogen and oxygen atoms in total. The maximum Gasteiger partial charge on any atom is 0.125 e. The topological polar surface area (TPSA) is 53.2 Å². The van der Waals surface area contributed by atoms with Gasteiger partial charge in [0.1, 0.15) is 12.4 Å². The number of nitrogens with zero attached hydrogens (tertiary/aromatic N) is 1. The molecule has 1 atom stereocenters. The Balaban J connectivity index is 2.19. The molecule has 2 aromatic rings. The van der Waals surface area contributed by atoms with Gasteiger partial charge in [0.15, 0.2) is 0 Å². The van der Waals surface area contributed by atoms with Gasteiger partial charge in [0.2, 0.25) is 0 Å². The Labute approximate surface area is 129 Å². The maximum absolute atomic E-state index is 9.77. The average Bonchev–Trinajstić information content (AvgIpc) is 2.46. The zero-order chi connectivity index (χ0) is 15.4. The highest BCUT2D eigenvalue weighted by molar-refractivity contribution is 6.30. The largest absolute Gasteiger partial charge is 0.489 e. The molecule has 0 aliphatic heterocycles. The number of aryl methyl sites for hydroxylation is 1. The van der Waals surface area contributed by atoms with Crippen LogP contribution in [0.1, 0.15) is 35.3 Å². The SMILES string of the molecule is Cc1cc(C#N)ccc1COc1ccc(Cl)cc1[C@@H](C)O. The molecule has 0 aromatic heterocycles. The number of halogens is 1. The van der Waals surface area contributed by atoms with Crippen LogP contribution in [0.25, 0.3) is 0 Å². The number of rotatable bonds is 4. The lowest BCUT2D eigenvalue weighted by Gasteiger charge is -2.15. The third kappa shape index (κ3) is 3.75. The summed E-state index contributed by atoms with van der Waals surface area (Å²) in [6.45, 7) is 3.99. The lowest BCUT2D eigenvalue weighted by molar-refractivity contribution is 0.190. The van der Waals surface area contributed by atoms with Gasteiger partial charge in [-0.05, 0) is 55.3 Å². The molecule has 0 saturated carbocycles. The molecule has 0 aliphatic rings. The summed E-state index contributed by atoms with van der Waals surface area (Å²) in [7, 11) is 0. The molecule has 0 unspecified atom stereocenters. The average molecular weight is 302 g/mol. The highest BCUT2D eigenvalue weighted by Gasteiger charge is 2.11. The molecular weight excluding hydrogens is 286 g/mol. The van der Waals surface area contributed by atoms with Crippen molar-refractivity contribution in [2.24, 2.45) is 0 Å². The van der Waals surface area contributed by atoms with Gasteiger partial charge in [-0.1, -0.05) is 17.7 Å². The number of hydrogen-bond donors (Lipinski definition) is 1. The minimum atomic E-state index is -0.652. The number of aliphatic hydroxyl groups excluding tert-OH is 1. The predicted molar refractivity (Wildman–Crippen MR) is 82.3 cm³/mol. The predicted octanol–water partition coefficient (Wildman–Crippen LogP) is 4.15. The van der Waals surface area contributed by atoms with Crippen LogP contribution in [-0.4, -0.2) is 5.11 Å². The number of ether oxygens (including phenoxy) is 1. The molecule has 108 valence electrons. The number of hydrogen-bond acceptors (Lipinski definition) is 3. The molecule has 0 heterocycles. The number of nitriles is 1. The molecule has 0 spiro atoms. The van der Waals surface area contributed by atoms with E-state index in [1.807, 2.05) is 19.1 Å². The fourth-order valence-corrected chi connectivity index (χ4v) is 2.24. The maximum atomic E-state index is 9.77. The van der Waals surface area contributed by atoms with Crippen LogP contribution in [0.15, 0.2) is 36.4 Å². The first kappa shape index (κ1) is 15.4. The summed E-state index contributed by atoms with van der Waals surface area (Å²) in [5.74, 6) is 0.609. The third-order valence-corrected chi connectivity index (χ3v) is 3.51. The monoisotopic (exact) mass is 301 g/mol. The van der Waals surface area contributed by atoms with E-state index < -0.39 is 6.10 Å². The number of benzene rings is 2. The van der Waals surface area contributed by atoms with Crippen LogP contribution in [0.3, 0.4) is 0 Å². The Bertz CT molecular complexity index is 690. The van der Waals surface area contributed by atoms with Crippen LogP contribution in [0, 0.1) is 18.3 Å². The summed E-state index contributed by atoms with van der Waals surface area (Å²) in [4.78, 5) is 0. The van der Waals surface area contributed by atoms with Crippen molar-refractivity contribution in [3.8, 4) is 11.8 Å². The zero-order valence-electron chi connectivity index (χ0n) is 11.9. The second-order valence-corrected chi connectivity index (χ2v) is 5.34. The lowest BCUT2D eigenvalue weighted by atomic mass is 10.1. The Hall–Kier alpha value is -2.02. The molecule has 0 saturated heterocycles. The molecule has 21 heavy (non-hydrogen) atoms. The van der Waals surface area contributed by atoms with Gasteiger partial charge < -0.3 is 9.84 Å². The standard InChI is InChI=1S/C17H16ClNO2/c1-11-7-13(9-19)3-4-14(11)10-21-17-6-5-15(18)8-16(17)12(2)20/h3-8,12,20H,10H2,1-2H3/t12-/m1/s1. The summed E-state index contributed by atoms with van der Waals surface area (Å²) in [5.41, 5.74) is 3.29. The highest BCUT2D eigenvalue weighted by Crippen LogP contribution is 2.29. The van der Waals surface area contributed by atoms with Crippen molar-refractivity contribution in [1.29, 1.82) is 5.26 Å². The zero-order valence-corrected chi connectivity index (χ0v) is 12.7. The Kier molecular flexibility index (Phi) is 4.85. The van der Waals surface area contributed by atoms with Crippen LogP contribution in [0.4, 0.5) is 0 Å². The van der Waals surface area contributed by atoms with E-state index >= 15 is 0 Å². The minimum absolute atomic E-state index is 0.374. The van der Waals surface area contributed by atoms with Crippen LogP contribution >= 0.6 is 11.6 Å². The molecule has 2 rings (SSSR count). The van der Waals surface area contributed by atoms with Gasteiger partial charge in [-0.15, -0.1) is 0 Å². The van der Waals surface area contributed by atoms with Gasteiger partial charge in [-0.25, -0.2) is 0 Å². The summed E-state index contributed by atoms with van der Waals surface area (Å²) < 4.78 is 5.79. The molecule has 2 aromatic carbocycles. The molecule has 0 aliphatic carbocycles. The van der Waals surface area contributed by atoms with E-state index in [1.54, 1.807) is 31.2 Å². The molecule has 0 bridgehead atoms. The smallest absolute Gasteiger partial charge is 0.125 e. The molecule has 0 fully saturated rings. The highest BCUT2D eigenvalue weighted by atomic mass is 35.5. The Morgan fingerprint density at radius 3 is 2.67 bits per heavy atom. The van der Waals surface area contributed by atoms with Gasteiger partial charge in [-0.3, -0.25) is 0 Å². The second kappa shape index (κ2) is 6.62. The summed E-state index contributed by atoms with van der Waals surface area (Å²) in [5, 5.41) is 19.2. The Morgan fingerprint density at radius 1 is 1.29 bits per heavy atom. The summed E-state index contributed by atoms with van der Waals surface area (Å²) in [6, 6.07) is 12.8. The van der Waals surface area contributed by atoms with Crippen LogP contribution in [0.2, 0.25) is 5.02 Å². The fourth-order valence-electron chi connectivity index (χ4n) is 2.06. The van der Waals surface area contributed by atoms with Crippen molar-refractivity contribution in [2.75, 3.05) is 0 Å². The van der Waals surface area contributed by atoms with E-state index in [0.29, 0.717) is 28.5 Å². The fraction of sp³-hybridized carbons (Fsp3) is 0.235. The first-order valence-electron chi connectivity index (χ1n) is 6.61. The number of aliphatic hydroxyl groups is 1. The molecule has 4 heteroatoms. The van der Waals surface area contributed by atoms with Crippen LogP contribution < -0.4 is 4.74 Å². The first-order valence-corrected chi connectivity index (χ1v) is 6.99. The van der Waals surface area contributed by atoms with Crippen molar-refractivity contribution < 1.29 is 9.84 Å². The van der Waals surface area contributed by atoms with E-state index in [2.05, 4.69) is 6.07 Å². The van der Waals surface area contributed by atoms with Gasteiger partial charge in [-0.2, -0.15) is 5.26 Å². The van der Waals surface area contributed by atoms with Crippen molar-refractivity contribution in [3.05, 3.63) is 63.7 Å². The molecule has 1 N–H and O–H groups in total. The quantitative estimate of drug-likeness (QED) is 0.923. The van der Waals surface area contributed by atoms with Crippen molar-refractivity contribution >= 4 is 11.6 Å². The van der Waals surface area contributed by atoms with E-state index in [1.165, 1.54) is 0 Å². The molecule has 0 amide bonds. The first-order chi connectivity index (χ1) is 10.0. The van der Waals surface area contributed by atoms with Crippen molar-refractivity contribution in [3.63, 3.8) is 0 Å². The van der Waals surface area contributed by atoms with Gasteiger partial charge in [0.25, 0.3) is 0 Å². The molecule has 0 radical (unpaired) electrons. The normalized spacial score (nSPS) is 11.8. The van der Waals surface area contributed by atoms with E-state index in [-0.39, 0.29) is 0 Å². The van der Waals surface area contributed by atoms with Gasteiger partial charge >= 0.3 is 0 Å². The second-order valence-electron chi connectivity index (χ2n) is 4.90. The minimum Gasteiger partial charge on any atom is -0.489 e. The van der Waals surface area contributed by atoms with E-state index in [9.17, 15) is 5.11 Å².